The van der Waals surface area contributed by atoms with Crippen molar-refractivity contribution in [3.63, 3.8) is 0 Å². The molecule has 1 aromatic rings. The first-order valence-electron chi connectivity index (χ1n) is 13.2. The lowest BCUT2D eigenvalue weighted by atomic mass is 9.79. The Morgan fingerprint density at radius 2 is 1.88 bits per heavy atom. The molecule has 5 rings (SSSR count). The highest BCUT2D eigenvalue weighted by molar-refractivity contribution is 6.01. The highest BCUT2D eigenvalue weighted by Crippen LogP contribution is 2.33. The molecule has 3 fully saturated rings. The first kappa shape index (κ1) is 23.6. The second kappa shape index (κ2) is 10.2. The number of hydrogen-bond acceptors (Lipinski definition) is 4. The molecule has 0 bridgehead atoms. The van der Waals surface area contributed by atoms with Crippen LogP contribution in [0.3, 0.4) is 0 Å². The Morgan fingerprint density at radius 3 is 2.65 bits per heavy atom. The molecule has 184 valence electrons. The lowest BCUT2D eigenvalue weighted by molar-refractivity contribution is -0.126. The first-order chi connectivity index (χ1) is 16.5. The minimum atomic E-state index is -0.394. The van der Waals surface area contributed by atoms with E-state index in [2.05, 4.69) is 29.3 Å². The third-order valence-corrected chi connectivity index (χ3v) is 8.56. The van der Waals surface area contributed by atoms with Crippen molar-refractivity contribution in [3.8, 4) is 0 Å². The number of ether oxygens (including phenoxy) is 1. The van der Waals surface area contributed by atoms with Gasteiger partial charge in [0.15, 0.2) is 0 Å². The van der Waals surface area contributed by atoms with E-state index in [0.717, 1.165) is 42.5 Å². The van der Waals surface area contributed by atoms with Gasteiger partial charge in [0.05, 0.1) is 6.10 Å². The van der Waals surface area contributed by atoms with Gasteiger partial charge in [-0.25, -0.2) is 0 Å². The molecule has 0 aromatic heterocycles. The van der Waals surface area contributed by atoms with Crippen molar-refractivity contribution < 1.29 is 14.3 Å². The van der Waals surface area contributed by atoms with Crippen molar-refractivity contribution in [2.45, 2.75) is 101 Å². The van der Waals surface area contributed by atoms with E-state index in [4.69, 9.17) is 4.74 Å². The number of piperidine rings is 1. The third-order valence-electron chi connectivity index (χ3n) is 8.56. The lowest BCUT2D eigenvalue weighted by Gasteiger charge is -2.37. The van der Waals surface area contributed by atoms with Crippen LogP contribution in [0.4, 0.5) is 0 Å². The number of nitrogens with one attached hydrogen (secondary N) is 2. The normalized spacial score (nSPS) is 32.0. The van der Waals surface area contributed by atoms with Crippen molar-refractivity contribution in [3.05, 3.63) is 47.2 Å². The number of rotatable bonds is 6. The Morgan fingerprint density at radius 1 is 1.09 bits per heavy atom. The van der Waals surface area contributed by atoms with E-state index in [1.165, 1.54) is 44.1 Å². The molecule has 1 saturated heterocycles. The predicted octanol–water partition coefficient (Wildman–Crippen LogP) is 4.08. The van der Waals surface area contributed by atoms with Crippen molar-refractivity contribution in [2.75, 3.05) is 7.11 Å². The molecule has 2 aliphatic carbocycles. The van der Waals surface area contributed by atoms with Gasteiger partial charge in [-0.1, -0.05) is 31.6 Å². The first-order valence-corrected chi connectivity index (χ1v) is 13.2. The molecule has 0 spiro atoms. The largest absolute Gasteiger partial charge is 0.381 e. The van der Waals surface area contributed by atoms with Gasteiger partial charge in [-0.3, -0.25) is 9.59 Å². The number of methoxy groups -OCH3 is 1. The van der Waals surface area contributed by atoms with Gasteiger partial charge in [0.25, 0.3) is 5.91 Å². The molecule has 1 aromatic carbocycles. The molecule has 2 N–H and O–H groups in total. The highest BCUT2D eigenvalue weighted by atomic mass is 16.5. The number of nitrogens with zero attached hydrogens (tertiary/aromatic N) is 1. The van der Waals surface area contributed by atoms with E-state index < -0.39 is 6.04 Å². The van der Waals surface area contributed by atoms with Gasteiger partial charge < -0.3 is 20.3 Å². The van der Waals surface area contributed by atoms with Crippen molar-refractivity contribution in [1.29, 1.82) is 0 Å². The van der Waals surface area contributed by atoms with Crippen LogP contribution in [-0.2, 0) is 22.5 Å². The molecule has 0 radical (unpaired) electrons. The van der Waals surface area contributed by atoms with Crippen LogP contribution in [0.2, 0.25) is 0 Å². The summed E-state index contributed by atoms with van der Waals surface area (Å²) in [6.45, 7) is 4.38. The van der Waals surface area contributed by atoms with Crippen LogP contribution in [0, 0.1) is 5.92 Å². The van der Waals surface area contributed by atoms with Gasteiger partial charge >= 0.3 is 0 Å². The molecule has 6 heteroatoms. The number of amides is 2. The van der Waals surface area contributed by atoms with E-state index >= 15 is 0 Å². The maximum Gasteiger partial charge on any atom is 0.255 e. The topological polar surface area (TPSA) is 70.7 Å². The van der Waals surface area contributed by atoms with Crippen molar-refractivity contribution >= 4 is 11.8 Å². The Balaban J connectivity index is 1.23. The fraction of sp³-hybridized carbons (Fsp3) is 0.643. The van der Waals surface area contributed by atoms with Crippen LogP contribution >= 0.6 is 0 Å². The molecule has 2 heterocycles. The number of fused-ring (bicyclic) bond motifs is 1. The fourth-order valence-electron chi connectivity index (χ4n) is 6.58. The van der Waals surface area contributed by atoms with E-state index in [0.29, 0.717) is 37.1 Å². The van der Waals surface area contributed by atoms with E-state index in [-0.39, 0.29) is 11.8 Å². The Hall–Kier alpha value is -2.18. The minimum absolute atomic E-state index is 0.0157. The summed E-state index contributed by atoms with van der Waals surface area (Å²) in [5.74, 6) is 0.515. The van der Waals surface area contributed by atoms with E-state index in [1.54, 1.807) is 4.90 Å². The number of benzene rings is 1. The summed E-state index contributed by atoms with van der Waals surface area (Å²) in [6.07, 6.45) is 12.7. The van der Waals surface area contributed by atoms with Gasteiger partial charge in [-0.05, 0) is 80.9 Å². The molecule has 34 heavy (non-hydrogen) atoms. The SMILES string of the molecule is C=C1CCC(N2Cc3cc(C[C@H]4CCCC[C@@H]4N[C@H]4CC[C@H](OC)CC4)ccc3C2=O)C(=O)N1. The summed E-state index contributed by atoms with van der Waals surface area (Å²) < 4.78 is 5.55. The molecule has 2 aliphatic heterocycles. The van der Waals surface area contributed by atoms with Crippen molar-refractivity contribution in [2.24, 2.45) is 5.92 Å². The monoisotopic (exact) mass is 465 g/mol. The number of hydrogen-bond donors (Lipinski definition) is 2. The second-order valence-corrected chi connectivity index (χ2v) is 10.8. The maximum absolute atomic E-state index is 13.0. The van der Waals surface area contributed by atoms with Crippen LogP contribution < -0.4 is 10.6 Å². The van der Waals surface area contributed by atoms with Crippen LogP contribution in [0.5, 0.6) is 0 Å². The summed E-state index contributed by atoms with van der Waals surface area (Å²) >= 11 is 0. The van der Waals surface area contributed by atoms with Crippen LogP contribution in [0.15, 0.2) is 30.5 Å². The van der Waals surface area contributed by atoms with E-state index in [9.17, 15) is 9.59 Å². The average Bonchev–Trinajstić information content (AvgIpc) is 3.16. The zero-order valence-corrected chi connectivity index (χ0v) is 20.5. The van der Waals surface area contributed by atoms with Crippen LogP contribution in [0.25, 0.3) is 0 Å². The zero-order valence-electron chi connectivity index (χ0n) is 20.5. The molecular weight excluding hydrogens is 426 g/mol. The standard InChI is InChI=1S/C28H39N3O3/c1-18-7-14-26(27(32)29-18)31-17-21-16-19(8-13-24(21)28(31)33)15-20-5-3-4-6-25(20)30-22-9-11-23(34-2)12-10-22/h8,13,16,20,22-23,25-26,30H,1,3-7,9-12,14-15,17H2,2H3,(H,29,32)/t20-,22-,23-,25+,26?/m1/s1. The predicted molar refractivity (Wildman–Crippen MR) is 132 cm³/mol. The Kier molecular flexibility index (Phi) is 7.07. The Bertz CT molecular complexity index is 937. The van der Waals surface area contributed by atoms with Crippen LogP contribution in [-0.4, -0.2) is 48.1 Å². The fourth-order valence-corrected chi connectivity index (χ4v) is 6.58. The number of carbonyl (C=O) groups excluding carboxylic acids is 2. The van der Waals surface area contributed by atoms with Gasteiger partial charge in [0.1, 0.15) is 6.04 Å². The Labute approximate surface area is 203 Å². The number of allylic oxidation sites excluding steroid dienone is 1. The minimum Gasteiger partial charge on any atom is -0.381 e. The third kappa shape index (κ3) is 4.94. The average molecular weight is 466 g/mol. The molecule has 6 nitrogen and oxygen atoms in total. The van der Waals surface area contributed by atoms with Gasteiger partial charge in [-0.2, -0.15) is 0 Å². The summed E-state index contributed by atoms with van der Waals surface area (Å²) in [4.78, 5) is 27.3. The summed E-state index contributed by atoms with van der Waals surface area (Å²) in [7, 11) is 1.83. The molecule has 2 amide bonds. The molecular formula is C28H39N3O3. The lowest BCUT2D eigenvalue weighted by Crippen LogP contribution is -2.49. The quantitative estimate of drug-likeness (QED) is 0.664. The van der Waals surface area contributed by atoms with Gasteiger partial charge in [0, 0.05) is 37.0 Å². The molecule has 2 saturated carbocycles. The maximum atomic E-state index is 13.0. The second-order valence-electron chi connectivity index (χ2n) is 10.8. The van der Waals surface area contributed by atoms with Gasteiger partial charge in [0.2, 0.25) is 5.91 Å². The summed E-state index contributed by atoms with van der Waals surface area (Å²) in [6, 6.07) is 7.14. The zero-order chi connectivity index (χ0) is 23.7. The van der Waals surface area contributed by atoms with Gasteiger partial charge in [-0.15, -0.1) is 0 Å². The van der Waals surface area contributed by atoms with E-state index in [1.807, 2.05) is 13.2 Å². The van der Waals surface area contributed by atoms with Crippen molar-refractivity contribution in [1.82, 2.24) is 15.5 Å². The smallest absolute Gasteiger partial charge is 0.255 e. The molecule has 1 unspecified atom stereocenters. The summed E-state index contributed by atoms with van der Waals surface area (Å²) in [5, 5.41) is 6.84. The molecule has 3 atom stereocenters. The molecule has 4 aliphatic rings. The van der Waals surface area contributed by atoms with Crippen LogP contribution in [0.1, 0.15) is 85.7 Å². The summed E-state index contributed by atoms with van der Waals surface area (Å²) in [5.41, 5.74) is 3.89. The number of carbonyl (C=O) groups is 2. The highest BCUT2D eigenvalue weighted by Gasteiger charge is 2.38.